The van der Waals surface area contributed by atoms with Crippen molar-refractivity contribution in [3.05, 3.63) is 59.5 Å². The second-order valence-electron chi connectivity index (χ2n) is 15.4. The standard InChI is InChI=1S/C47H74N2O3/c1-6-10-14-15-16-17-18-19-20-21-22-23-24-25-26-27-28-39(47(50)51)36-44-42-31-29-40(48(5)33-11-7-2)37-45(42)52-46-38-41(30-32-43(44)46)49(34-12-8-3)35-13-9-4/h26-27,29-32,37-39H,6-25,28,33-36H2,1-5H3/b27-26+. The van der Waals surface area contributed by atoms with E-state index >= 15 is 0 Å². The first kappa shape index (κ1) is 43.3. The number of carbonyl (C=O) groups excluding carboxylic acids is 1. The van der Waals surface area contributed by atoms with Gasteiger partial charge in [0.2, 0.25) is 5.36 Å². The Hall–Kier alpha value is -3.08. The number of unbranched alkanes of at least 4 members (excludes halogenated alkanes) is 16. The molecule has 0 amide bonds. The van der Waals surface area contributed by atoms with Crippen LogP contribution in [0.15, 0.2) is 53.0 Å². The van der Waals surface area contributed by atoms with Crippen LogP contribution in [0.25, 0.3) is 22.3 Å². The molecule has 1 aliphatic carbocycles. The Morgan fingerprint density at radius 3 is 1.92 bits per heavy atom. The molecule has 1 unspecified atom stereocenters. The lowest BCUT2D eigenvalue weighted by atomic mass is 9.89. The highest BCUT2D eigenvalue weighted by Gasteiger charge is 2.21. The van der Waals surface area contributed by atoms with Crippen LogP contribution in [-0.4, -0.2) is 32.7 Å². The minimum Gasteiger partial charge on any atom is -0.550 e. The molecular formula is C47H74N2O3. The zero-order chi connectivity index (χ0) is 37.4. The number of carboxylic acids is 1. The van der Waals surface area contributed by atoms with Crippen molar-refractivity contribution in [1.29, 1.82) is 0 Å². The summed E-state index contributed by atoms with van der Waals surface area (Å²) in [6, 6.07) is 13.0. The number of carboxylic acid groups (broad SMARTS) is 1. The second kappa shape index (κ2) is 25.8. The van der Waals surface area contributed by atoms with Gasteiger partial charge < -0.3 is 19.2 Å². The lowest BCUT2D eigenvalue weighted by Gasteiger charge is -2.26. The van der Waals surface area contributed by atoms with Crippen LogP contribution >= 0.6 is 0 Å². The van der Waals surface area contributed by atoms with Gasteiger partial charge in [0.05, 0.1) is 6.07 Å². The van der Waals surface area contributed by atoms with Gasteiger partial charge in [0.1, 0.15) is 24.9 Å². The summed E-state index contributed by atoms with van der Waals surface area (Å²) in [5, 5.41) is 14.7. The lowest BCUT2D eigenvalue weighted by molar-refractivity contribution is -0.311. The van der Waals surface area contributed by atoms with Crippen LogP contribution in [0.4, 0.5) is 5.69 Å². The first-order chi connectivity index (χ1) is 25.4. The Morgan fingerprint density at radius 2 is 1.33 bits per heavy atom. The molecule has 1 heterocycles. The normalized spacial score (nSPS) is 13.0. The SMILES string of the molecule is CCCCCCCCCCCCCCC/C=C/CC(Cc1c2ccc(=[N+](C)CCCC)cc-2oc2cc(N(CCCC)CCCC)ccc12)C(=O)[O-]. The third-order valence-corrected chi connectivity index (χ3v) is 10.9. The van der Waals surface area contributed by atoms with E-state index < -0.39 is 11.9 Å². The number of hydrogen-bond acceptors (Lipinski definition) is 4. The third-order valence-electron chi connectivity index (χ3n) is 10.9. The molecule has 0 saturated heterocycles. The Kier molecular flexibility index (Phi) is 21.5. The van der Waals surface area contributed by atoms with Crippen molar-refractivity contribution in [2.45, 2.75) is 169 Å². The lowest BCUT2D eigenvalue weighted by Crippen LogP contribution is -2.32. The summed E-state index contributed by atoms with van der Waals surface area (Å²) in [7, 11) is 2.13. The van der Waals surface area contributed by atoms with Gasteiger partial charge in [-0.15, -0.1) is 0 Å². The quantitative estimate of drug-likeness (QED) is 0.0311. The third kappa shape index (κ3) is 15.1. The Labute approximate surface area is 317 Å². The van der Waals surface area contributed by atoms with Crippen molar-refractivity contribution in [3.8, 4) is 11.3 Å². The molecule has 0 saturated carbocycles. The van der Waals surface area contributed by atoms with Crippen molar-refractivity contribution in [1.82, 2.24) is 4.58 Å². The molecule has 2 aliphatic rings. The summed E-state index contributed by atoms with van der Waals surface area (Å²) >= 11 is 0. The van der Waals surface area contributed by atoms with Crippen LogP contribution in [0.2, 0.25) is 0 Å². The van der Waals surface area contributed by atoms with Gasteiger partial charge in [-0.05, 0) is 62.3 Å². The first-order valence-corrected chi connectivity index (χ1v) is 21.6. The molecule has 5 nitrogen and oxygen atoms in total. The number of rotatable bonds is 29. The molecule has 290 valence electrons. The Bertz CT molecular complexity index is 1480. The number of nitrogens with zero attached hydrogens (tertiary/aromatic N) is 2. The zero-order valence-electron chi connectivity index (χ0n) is 34.0. The van der Waals surface area contributed by atoms with Crippen LogP contribution in [0, 0.1) is 5.92 Å². The largest absolute Gasteiger partial charge is 0.550 e. The van der Waals surface area contributed by atoms with E-state index in [1.54, 1.807) is 0 Å². The molecule has 1 aromatic carbocycles. The zero-order valence-corrected chi connectivity index (χ0v) is 34.0. The fraction of sp³-hybridized carbons (Fsp3) is 0.660. The fourth-order valence-electron chi connectivity index (χ4n) is 7.37. The summed E-state index contributed by atoms with van der Waals surface area (Å²) in [5.41, 5.74) is 4.02. The van der Waals surface area contributed by atoms with Crippen LogP contribution < -0.4 is 19.9 Å². The molecule has 0 spiro atoms. The van der Waals surface area contributed by atoms with Gasteiger partial charge in [0, 0.05) is 60.2 Å². The van der Waals surface area contributed by atoms with Gasteiger partial charge in [-0.1, -0.05) is 136 Å². The summed E-state index contributed by atoms with van der Waals surface area (Å²) in [6.07, 6.45) is 30.6. The molecule has 0 bridgehead atoms. The number of allylic oxidation sites excluding steroid dienone is 2. The number of aliphatic carboxylic acids is 1. The molecule has 0 aromatic heterocycles. The average Bonchev–Trinajstić information content (AvgIpc) is 3.15. The maximum absolute atomic E-state index is 12.6. The van der Waals surface area contributed by atoms with Crippen LogP contribution in [-0.2, 0) is 11.2 Å². The van der Waals surface area contributed by atoms with Gasteiger partial charge >= 0.3 is 0 Å². The first-order valence-electron chi connectivity index (χ1n) is 21.6. The van der Waals surface area contributed by atoms with E-state index in [9.17, 15) is 9.90 Å². The number of fused-ring (bicyclic) bond motifs is 2. The molecule has 1 atom stereocenters. The van der Waals surface area contributed by atoms with Crippen LogP contribution in [0.5, 0.6) is 0 Å². The Morgan fingerprint density at radius 1 is 0.731 bits per heavy atom. The Balaban J connectivity index is 1.70. The van der Waals surface area contributed by atoms with Gasteiger partial charge in [-0.25, -0.2) is 4.58 Å². The van der Waals surface area contributed by atoms with Gasteiger partial charge in [0.15, 0.2) is 0 Å². The molecule has 1 aliphatic heterocycles. The molecule has 3 rings (SSSR count). The highest BCUT2D eigenvalue weighted by molar-refractivity contribution is 5.90. The monoisotopic (exact) mass is 715 g/mol. The number of benzene rings is 2. The van der Waals surface area contributed by atoms with Crippen LogP contribution in [0.3, 0.4) is 0 Å². The fourth-order valence-corrected chi connectivity index (χ4v) is 7.37. The summed E-state index contributed by atoms with van der Waals surface area (Å²) in [4.78, 5) is 15.1. The minimum atomic E-state index is -0.981. The van der Waals surface area contributed by atoms with Gasteiger partial charge in [-0.2, -0.15) is 0 Å². The number of carbonyl (C=O) groups is 1. The van der Waals surface area contributed by atoms with E-state index in [1.807, 2.05) is 0 Å². The highest BCUT2D eigenvalue weighted by Crippen LogP contribution is 2.36. The number of hydrogen-bond donors (Lipinski definition) is 0. The van der Waals surface area contributed by atoms with Crippen molar-refractivity contribution in [2.75, 3.05) is 31.6 Å². The predicted molar refractivity (Wildman–Crippen MR) is 222 cm³/mol. The molecule has 0 N–H and O–H groups in total. The summed E-state index contributed by atoms with van der Waals surface area (Å²) in [6.45, 7) is 12.0. The van der Waals surface area contributed by atoms with Gasteiger partial charge in [-0.3, -0.25) is 0 Å². The average molecular weight is 715 g/mol. The van der Waals surface area contributed by atoms with Gasteiger partial charge in [0.25, 0.3) is 0 Å². The predicted octanol–water partition coefficient (Wildman–Crippen LogP) is 11.5. The van der Waals surface area contributed by atoms with E-state index in [0.29, 0.717) is 12.8 Å². The molecule has 5 heteroatoms. The van der Waals surface area contributed by atoms with E-state index in [-0.39, 0.29) is 0 Å². The molecule has 52 heavy (non-hydrogen) atoms. The highest BCUT2D eigenvalue weighted by atomic mass is 16.4. The molecule has 0 fully saturated rings. The maximum Gasteiger partial charge on any atom is 0.203 e. The second-order valence-corrected chi connectivity index (χ2v) is 15.4. The van der Waals surface area contributed by atoms with E-state index in [2.05, 4.69) is 92.8 Å². The minimum absolute atomic E-state index is 0.411. The molecule has 0 radical (unpaired) electrons. The summed E-state index contributed by atoms with van der Waals surface area (Å²) in [5.74, 6) is -0.774. The summed E-state index contributed by atoms with van der Waals surface area (Å²) < 4.78 is 8.97. The van der Waals surface area contributed by atoms with E-state index in [4.69, 9.17) is 4.42 Å². The molecular weight excluding hydrogens is 641 g/mol. The number of anilines is 1. The van der Waals surface area contributed by atoms with E-state index in [1.165, 1.54) is 89.2 Å². The maximum atomic E-state index is 12.6. The van der Waals surface area contributed by atoms with Crippen molar-refractivity contribution < 1.29 is 14.3 Å². The van der Waals surface area contributed by atoms with Crippen LogP contribution in [0.1, 0.15) is 168 Å². The van der Waals surface area contributed by atoms with Crippen molar-refractivity contribution in [3.63, 3.8) is 0 Å². The smallest absolute Gasteiger partial charge is 0.203 e. The van der Waals surface area contributed by atoms with E-state index in [0.717, 1.165) is 97.8 Å². The van der Waals surface area contributed by atoms with Crippen molar-refractivity contribution >= 4 is 22.6 Å². The molecule has 1 aromatic rings. The van der Waals surface area contributed by atoms with Crippen molar-refractivity contribution in [2.24, 2.45) is 5.92 Å². The topological polar surface area (TPSA) is 59.5 Å².